The summed E-state index contributed by atoms with van der Waals surface area (Å²) in [5, 5.41) is 7.61. The number of hydrogen-bond donors (Lipinski definition) is 0. The van der Waals surface area contributed by atoms with E-state index in [1.54, 1.807) is 19.8 Å². The van der Waals surface area contributed by atoms with Gasteiger partial charge < -0.3 is 9.15 Å². The van der Waals surface area contributed by atoms with Crippen molar-refractivity contribution in [3.63, 3.8) is 0 Å². The van der Waals surface area contributed by atoms with E-state index in [4.69, 9.17) is 9.15 Å². The smallest absolute Gasteiger partial charge is 0.227 e. The minimum atomic E-state index is 0.565. The van der Waals surface area contributed by atoms with Crippen LogP contribution in [0.3, 0.4) is 0 Å². The lowest BCUT2D eigenvalue weighted by Gasteiger charge is -2.00. The minimum Gasteiger partial charge on any atom is -0.497 e. The molecule has 0 atom stereocenters. The van der Waals surface area contributed by atoms with Gasteiger partial charge in [-0.3, -0.25) is 4.57 Å². The van der Waals surface area contributed by atoms with E-state index in [-0.39, 0.29) is 0 Å². The number of ether oxygens (including phenoxy) is 1. The quantitative estimate of drug-likeness (QED) is 0.580. The van der Waals surface area contributed by atoms with E-state index in [1.165, 1.54) is 0 Å². The van der Waals surface area contributed by atoms with E-state index in [2.05, 4.69) is 15.2 Å². The first-order valence-corrected chi connectivity index (χ1v) is 6.73. The Morgan fingerprint density at radius 3 is 2.73 bits per heavy atom. The molecule has 0 radical (unpaired) electrons. The minimum absolute atomic E-state index is 0.565. The highest BCUT2D eigenvalue weighted by Gasteiger charge is 2.10. The van der Waals surface area contributed by atoms with Crippen molar-refractivity contribution < 1.29 is 9.15 Å². The van der Waals surface area contributed by atoms with Gasteiger partial charge in [-0.15, -0.1) is 10.2 Å². The fourth-order valence-corrected chi connectivity index (χ4v) is 2.29. The molecule has 0 aliphatic heterocycles. The third-order valence-electron chi connectivity index (χ3n) is 3.40. The second-order valence-electron chi connectivity index (χ2n) is 4.77. The summed E-state index contributed by atoms with van der Waals surface area (Å²) in [6.45, 7) is 0. The maximum atomic E-state index is 5.82. The van der Waals surface area contributed by atoms with Crippen molar-refractivity contribution in [2.75, 3.05) is 7.11 Å². The Morgan fingerprint density at radius 1 is 1.05 bits per heavy atom. The average molecular weight is 292 g/mol. The summed E-state index contributed by atoms with van der Waals surface area (Å²) in [5.41, 5.74) is 3.32. The van der Waals surface area contributed by atoms with Crippen LogP contribution in [0.2, 0.25) is 0 Å². The maximum Gasteiger partial charge on any atom is 0.227 e. The SMILES string of the molecule is COc1cccc(-c2nc3cc(-n4cnnc4)ccc3o2)c1. The normalized spacial score (nSPS) is 11.0. The Hall–Kier alpha value is -3.15. The van der Waals surface area contributed by atoms with Gasteiger partial charge in [0.15, 0.2) is 5.58 Å². The van der Waals surface area contributed by atoms with Crippen LogP contribution in [0.4, 0.5) is 0 Å². The van der Waals surface area contributed by atoms with Gasteiger partial charge in [-0.2, -0.15) is 0 Å². The molecule has 108 valence electrons. The molecule has 0 saturated heterocycles. The monoisotopic (exact) mass is 292 g/mol. The summed E-state index contributed by atoms with van der Waals surface area (Å²) in [7, 11) is 1.64. The fraction of sp³-hybridized carbons (Fsp3) is 0.0625. The van der Waals surface area contributed by atoms with Crippen LogP contribution in [0.25, 0.3) is 28.2 Å². The maximum absolute atomic E-state index is 5.82. The van der Waals surface area contributed by atoms with Gasteiger partial charge in [0.1, 0.15) is 23.9 Å². The van der Waals surface area contributed by atoms with Crippen LogP contribution in [0.5, 0.6) is 5.75 Å². The number of methoxy groups -OCH3 is 1. The number of fused-ring (bicyclic) bond motifs is 1. The Kier molecular flexibility index (Phi) is 2.86. The third kappa shape index (κ3) is 2.10. The Bertz CT molecular complexity index is 928. The highest BCUT2D eigenvalue weighted by molar-refractivity contribution is 5.78. The van der Waals surface area contributed by atoms with Crippen molar-refractivity contribution in [2.24, 2.45) is 0 Å². The lowest BCUT2D eigenvalue weighted by molar-refractivity contribution is 0.415. The highest BCUT2D eigenvalue weighted by Crippen LogP contribution is 2.27. The zero-order chi connectivity index (χ0) is 14.9. The summed E-state index contributed by atoms with van der Waals surface area (Å²) in [5.74, 6) is 1.33. The van der Waals surface area contributed by atoms with Gasteiger partial charge in [-0.1, -0.05) is 6.07 Å². The molecule has 6 heteroatoms. The zero-order valence-electron chi connectivity index (χ0n) is 11.8. The molecule has 0 aliphatic carbocycles. The van der Waals surface area contributed by atoms with E-state index in [0.717, 1.165) is 28.1 Å². The van der Waals surface area contributed by atoms with Gasteiger partial charge in [0.05, 0.1) is 12.8 Å². The van der Waals surface area contributed by atoms with Crippen molar-refractivity contribution in [1.29, 1.82) is 0 Å². The van der Waals surface area contributed by atoms with Crippen LogP contribution in [0, 0.1) is 0 Å². The second kappa shape index (κ2) is 5.00. The van der Waals surface area contributed by atoms with E-state index in [9.17, 15) is 0 Å². The molecule has 4 aromatic rings. The molecule has 4 rings (SSSR count). The van der Waals surface area contributed by atoms with E-state index < -0.39 is 0 Å². The summed E-state index contributed by atoms with van der Waals surface area (Å²) >= 11 is 0. The largest absolute Gasteiger partial charge is 0.497 e. The summed E-state index contributed by atoms with van der Waals surface area (Å²) < 4.78 is 12.9. The highest BCUT2D eigenvalue weighted by atomic mass is 16.5. The van der Waals surface area contributed by atoms with E-state index >= 15 is 0 Å². The Balaban J connectivity index is 1.80. The van der Waals surface area contributed by atoms with Crippen LogP contribution in [-0.2, 0) is 0 Å². The fourth-order valence-electron chi connectivity index (χ4n) is 2.29. The van der Waals surface area contributed by atoms with Crippen molar-refractivity contribution in [2.45, 2.75) is 0 Å². The third-order valence-corrected chi connectivity index (χ3v) is 3.40. The predicted molar refractivity (Wildman–Crippen MR) is 80.9 cm³/mol. The number of nitrogens with zero attached hydrogens (tertiary/aromatic N) is 4. The molecular formula is C16H12N4O2. The summed E-state index contributed by atoms with van der Waals surface area (Å²) in [6, 6.07) is 13.4. The van der Waals surface area contributed by atoms with Crippen molar-refractivity contribution >= 4 is 11.1 Å². The Morgan fingerprint density at radius 2 is 1.91 bits per heavy atom. The summed E-state index contributed by atoms with van der Waals surface area (Å²) in [4.78, 5) is 4.55. The molecule has 0 bridgehead atoms. The van der Waals surface area contributed by atoms with Crippen LogP contribution < -0.4 is 4.74 Å². The molecule has 0 unspecified atom stereocenters. The standard InChI is InChI=1S/C16H12N4O2/c1-21-13-4-2-3-11(7-13)16-19-14-8-12(5-6-15(14)22-16)20-9-17-18-10-20/h2-10H,1H3. The van der Waals surface area contributed by atoms with Gasteiger partial charge >= 0.3 is 0 Å². The lowest BCUT2D eigenvalue weighted by atomic mass is 10.2. The molecule has 0 aliphatic rings. The van der Waals surface area contributed by atoms with Crippen LogP contribution in [0.15, 0.2) is 59.5 Å². The molecular weight excluding hydrogens is 280 g/mol. The topological polar surface area (TPSA) is 66.0 Å². The number of hydrogen-bond acceptors (Lipinski definition) is 5. The molecule has 2 heterocycles. The first-order chi connectivity index (χ1) is 10.8. The van der Waals surface area contributed by atoms with Gasteiger partial charge in [0, 0.05) is 5.56 Å². The second-order valence-corrected chi connectivity index (χ2v) is 4.77. The van der Waals surface area contributed by atoms with Crippen LogP contribution in [0.1, 0.15) is 0 Å². The lowest BCUT2D eigenvalue weighted by Crippen LogP contribution is -1.88. The molecule has 0 saturated carbocycles. The van der Waals surface area contributed by atoms with Gasteiger partial charge in [0.2, 0.25) is 5.89 Å². The molecule has 2 aromatic heterocycles. The molecule has 0 fully saturated rings. The van der Waals surface area contributed by atoms with Crippen LogP contribution in [-0.4, -0.2) is 26.9 Å². The van der Waals surface area contributed by atoms with Gasteiger partial charge in [0.25, 0.3) is 0 Å². The molecule has 22 heavy (non-hydrogen) atoms. The summed E-state index contributed by atoms with van der Waals surface area (Å²) in [6.07, 6.45) is 3.29. The van der Waals surface area contributed by atoms with Crippen LogP contribution >= 0.6 is 0 Å². The first kappa shape index (κ1) is 12.6. The number of oxazole rings is 1. The average Bonchev–Trinajstić information content (AvgIpc) is 3.23. The van der Waals surface area contributed by atoms with Crippen molar-refractivity contribution in [1.82, 2.24) is 19.7 Å². The molecule has 6 nitrogen and oxygen atoms in total. The van der Waals surface area contributed by atoms with E-state index in [0.29, 0.717) is 5.89 Å². The van der Waals surface area contributed by atoms with Gasteiger partial charge in [-0.05, 0) is 36.4 Å². The number of rotatable bonds is 3. The Labute approximate surface area is 126 Å². The molecule has 0 spiro atoms. The molecule has 0 amide bonds. The number of benzene rings is 2. The first-order valence-electron chi connectivity index (χ1n) is 6.73. The molecule has 2 aromatic carbocycles. The van der Waals surface area contributed by atoms with E-state index in [1.807, 2.05) is 47.0 Å². The predicted octanol–water partition coefficient (Wildman–Crippen LogP) is 3.08. The molecule has 0 N–H and O–H groups in total. The zero-order valence-corrected chi connectivity index (χ0v) is 11.8. The van der Waals surface area contributed by atoms with Gasteiger partial charge in [-0.25, -0.2) is 4.98 Å². The van der Waals surface area contributed by atoms with Crippen molar-refractivity contribution in [3.05, 3.63) is 55.1 Å². The number of aromatic nitrogens is 4. The van der Waals surface area contributed by atoms with Crippen molar-refractivity contribution in [3.8, 4) is 22.9 Å².